The highest BCUT2D eigenvalue weighted by atomic mass is 127. The molecule has 0 aromatic heterocycles. The Morgan fingerprint density at radius 2 is 2.00 bits per heavy atom. The number of halogens is 1. The summed E-state index contributed by atoms with van der Waals surface area (Å²) in [6.45, 7) is 3.95. The molecule has 0 bridgehead atoms. The summed E-state index contributed by atoms with van der Waals surface area (Å²) >= 11 is 2.26. The summed E-state index contributed by atoms with van der Waals surface area (Å²) in [5, 5.41) is 8.95. The van der Waals surface area contributed by atoms with E-state index in [4.69, 9.17) is 9.84 Å². The Labute approximate surface area is 142 Å². The highest BCUT2D eigenvalue weighted by molar-refractivity contribution is 14.1. The first kappa shape index (κ1) is 15.5. The highest BCUT2D eigenvalue weighted by Crippen LogP contribution is 2.25. The van der Waals surface area contributed by atoms with Gasteiger partial charge in [0, 0.05) is 41.9 Å². The van der Waals surface area contributed by atoms with Crippen LogP contribution in [0.3, 0.4) is 0 Å². The lowest BCUT2D eigenvalue weighted by Crippen LogP contribution is -2.48. The van der Waals surface area contributed by atoms with E-state index in [1.807, 2.05) is 6.07 Å². The van der Waals surface area contributed by atoms with Crippen LogP contribution in [0, 0.1) is 3.57 Å². The molecule has 0 aliphatic carbocycles. The number of cyclic esters (lactones) is 1. The third-order valence-corrected chi connectivity index (χ3v) is 5.20. The molecule has 0 radical (unpaired) electrons. The van der Waals surface area contributed by atoms with E-state index in [1.54, 1.807) is 0 Å². The van der Waals surface area contributed by atoms with Crippen molar-refractivity contribution in [3.8, 4) is 0 Å². The lowest BCUT2D eigenvalue weighted by Gasteiger charge is -2.33. The summed E-state index contributed by atoms with van der Waals surface area (Å²) < 4.78 is 6.13. The van der Waals surface area contributed by atoms with Gasteiger partial charge in [-0.25, -0.2) is 9.59 Å². The van der Waals surface area contributed by atoms with E-state index >= 15 is 0 Å². The SMILES string of the molecule is O=C1OCc2cc(CCN3CCN(C(=O)O)CC3)c(I)cc21. The van der Waals surface area contributed by atoms with E-state index < -0.39 is 6.09 Å². The van der Waals surface area contributed by atoms with Crippen LogP contribution in [0.15, 0.2) is 12.1 Å². The molecule has 2 heterocycles. The molecule has 0 unspecified atom stereocenters. The molecule has 1 aromatic rings. The van der Waals surface area contributed by atoms with Crippen molar-refractivity contribution < 1.29 is 19.4 Å². The largest absolute Gasteiger partial charge is 0.465 e. The third kappa shape index (κ3) is 3.19. The van der Waals surface area contributed by atoms with Crippen molar-refractivity contribution in [2.24, 2.45) is 0 Å². The molecule has 0 atom stereocenters. The molecule has 7 heteroatoms. The van der Waals surface area contributed by atoms with Crippen LogP contribution in [0.2, 0.25) is 0 Å². The number of fused-ring (bicyclic) bond motifs is 1. The summed E-state index contributed by atoms with van der Waals surface area (Å²) in [4.78, 5) is 26.2. The van der Waals surface area contributed by atoms with Crippen molar-refractivity contribution in [2.75, 3.05) is 32.7 Å². The van der Waals surface area contributed by atoms with Crippen molar-refractivity contribution >= 4 is 34.7 Å². The second-order valence-electron chi connectivity index (χ2n) is 5.54. The summed E-state index contributed by atoms with van der Waals surface area (Å²) in [6.07, 6.45) is 0.0600. The third-order valence-electron chi connectivity index (χ3n) is 4.19. The first-order valence-corrected chi connectivity index (χ1v) is 8.31. The Kier molecular flexibility index (Phi) is 4.53. The van der Waals surface area contributed by atoms with E-state index in [1.165, 1.54) is 10.5 Å². The van der Waals surface area contributed by atoms with Crippen LogP contribution in [0.25, 0.3) is 0 Å². The Bertz CT molecular complexity index is 612. The van der Waals surface area contributed by atoms with Crippen LogP contribution in [0.5, 0.6) is 0 Å². The molecule has 0 spiro atoms. The number of carbonyl (C=O) groups is 2. The van der Waals surface area contributed by atoms with Crippen LogP contribution < -0.4 is 0 Å². The predicted molar refractivity (Wildman–Crippen MR) is 88.0 cm³/mol. The molecular weight excluding hydrogens is 399 g/mol. The number of nitrogens with zero attached hydrogens (tertiary/aromatic N) is 2. The normalized spacial score (nSPS) is 18.2. The van der Waals surface area contributed by atoms with Crippen molar-refractivity contribution in [2.45, 2.75) is 13.0 Å². The average molecular weight is 416 g/mol. The Balaban J connectivity index is 1.59. The topological polar surface area (TPSA) is 70.1 Å². The number of piperazine rings is 1. The van der Waals surface area contributed by atoms with E-state index in [9.17, 15) is 9.59 Å². The van der Waals surface area contributed by atoms with Crippen LogP contribution in [-0.4, -0.2) is 59.7 Å². The van der Waals surface area contributed by atoms with Gasteiger partial charge < -0.3 is 14.7 Å². The fourth-order valence-corrected chi connectivity index (χ4v) is 3.57. The average Bonchev–Trinajstić information content (AvgIpc) is 2.86. The van der Waals surface area contributed by atoms with Gasteiger partial charge in [0.25, 0.3) is 0 Å². The molecule has 118 valence electrons. The molecule has 22 heavy (non-hydrogen) atoms. The molecule has 2 aliphatic rings. The van der Waals surface area contributed by atoms with Crippen molar-refractivity contribution in [3.05, 3.63) is 32.4 Å². The minimum Gasteiger partial charge on any atom is -0.465 e. The van der Waals surface area contributed by atoms with E-state index in [-0.39, 0.29) is 5.97 Å². The molecule has 1 amide bonds. The predicted octanol–water partition coefficient (Wildman–Crippen LogP) is 1.80. The molecule has 3 rings (SSSR count). The van der Waals surface area contributed by atoms with Gasteiger partial charge in [-0.3, -0.25) is 4.90 Å². The molecular formula is C15H17IN2O4. The monoisotopic (exact) mass is 416 g/mol. The lowest BCUT2D eigenvalue weighted by atomic mass is 10.0. The Hall–Kier alpha value is -1.35. The maximum Gasteiger partial charge on any atom is 0.407 e. The number of hydrogen-bond acceptors (Lipinski definition) is 4. The van der Waals surface area contributed by atoms with Crippen LogP contribution in [0.1, 0.15) is 21.5 Å². The van der Waals surface area contributed by atoms with Gasteiger partial charge in [0.05, 0.1) is 5.56 Å². The van der Waals surface area contributed by atoms with Crippen LogP contribution in [-0.2, 0) is 17.8 Å². The Morgan fingerprint density at radius 3 is 2.68 bits per heavy atom. The molecule has 0 saturated carbocycles. The molecule has 6 nitrogen and oxygen atoms in total. The lowest BCUT2D eigenvalue weighted by molar-refractivity contribution is 0.0535. The minimum atomic E-state index is -0.836. The number of esters is 1. The fraction of sp³-hybridized carbons (Fsp3) is 0.467. The summed E-state index contributed by atoms with van der Waals surface area (Å²) in [6, 6.07) is 3.97. The summed E-state index contributed by atoms with van der Waals surface area (Å²) in [7, 11) is 0. The molecule has 2 aliphatic heterocycles. The van der Waals surface area contributed by atoms with E-state index in [0.717, 1.165) is 35.2 Å². The fourth-order valence-electron chi connectivity index (χ4n) is 2.83. The number of carboxylic acid groups (broad SMARTS) is 1. The van der Waals surface area contributed by atoms with Gasteiger partial charge in [-0.2, -0.15) is 0 Å². The second kappa shape index (κ2) is 6.41. The summed E-state index contributed by atoms with van der Waals surface area (Å²) in [5.41, 5.74) is 2.87. The quantitative estimate of drug-likeness (QED) is 0.601. The van der Waals surface area contributed by atoms with E-state index in [0.29, 0.717) is 25.3 Å². The number of amides is 1. The smallest absolute Gasteiger partial charge is 0.407 e. The Morgan fingerprint density at radius 1 is 1.27 bits per heavy atom. The zero-order chi connectivity index (χ0) is 15.7. The van der Waals surface area contributed by atoms with Gasteiger partial charge in [-0.1, -0.05) is 6.07 Å². The van der Waals surface area contributed by atoms with Crippen molar-refractivity contribution in [3.63, 3.8) is 0 Å². The van der Waals surface area contributed by atoms with Gasteiger partial charge in [-0.15, -0.1) is 0 Å². The molecule has 1 saturated heterocycles. The molecule has 1 aromatic carbocycles. The molecule has 1 fully saturated rings. The number of carbonyl (C=O) groups excluding carboxylic acids is 1. The van der Waals surface area contributed by atoms with Gasteiger partial charge >= 0.3 is 12.1 Å². The zero-order valence-electron chi connectivity index (χ0n) is 12.0. The van der Waals surface area contributed by atoms with E-state index in [2.05, 4.69) is 33.6 Å². The van der Waals surface area contributed by atoms with Gasteiger partial charge in [0.2, 0.25) is 0 Å². The molecule has 1 N–H and O–H groups in total. The standard InChI is InChI=1S/C15H17IN2O4/c16-13-8-12-11(9-22-14(12)19)7-10(13)1-2-17-3-5-18(6-4-17)15(20)21/h7-8H,1-6,9H2,(H,20,21). The number of rotatable bonds is 3. The first-order valence-electron chi connectivity index (χ1n) is 7.23. The highest BCUT2D eigenvalue weighted by Gasteiger charge is 2.23. The van der Waals surface area contributed by atoms with Crippen molar-refractivity contribution in [1.82, 2.24) is 9.80 Å². The second-order valence-corrected chi connectivity index (χ2v) is 6.70. The maximum atomic E-state index is 11.5. The van der Waals surface area contributed by atoms with Gasteiger partial charge in [0.15, 0.2) is 0 Å². The zero-order valence-corrected chi connectivity index (χ0v) is 14.2. The van der Waals surface area contributed by atoms with Crippen LogP contribution >= 0.6 is 22.6 Å². The van der Waals surface area contributed by atoms with Gasteiger partial charge in [-0.05, 0) is 40.6 Å². The maximum absolute atomic E-state index is 11.5. The van der Waals surface area contributed by atoms with Crippen LogP contribution in [0.4, 0.5) is 4.79 Å². The number of benzene rings is 1. The van der Waals surface area contributed by atoms with Gasteiger partial charge in [0.1, 0.15) is 6.61 Å². The van der Waals surface area contributed by atoms with Crippen molar-refractivity contribution in [1.29, 1.82) is 0 Å². The number of hydrogen-bond donors (Lipinski definition) is 1. The first-order chi connectivity index (χ1) is 10.5. The summed E-state index contributed by atoms with van der Waals surface area (Å²) in [5.74, 6) is -0.232. The minimum absolute atomic E-state index is 0.232. The number of ether oxygens (including phenoxy) is 1.